The van der Waals surface area contributed by atoms with Gasteiger partial charge < -0.3 is 15.4 Å². The lowest BCUT2D eigenvalue weighted by molar-refractivity contribution is 0.0925. The standard InChI is InChI=1S/C11H18N4OS/c1-3-8-7-16-5-4-15(8)10-6-9(12)13-11(14-10)17-2/h6,8H,3-5,7H2,1-2H3,(H2,12,13,14). The molecule has 1 aliphatic rings. The number of nitrogens with zero attached hydrogens (tertiary/aromatic N) is 3. The maximum absolute atomic E-state index is 5.81. The maximum atomic E-state index is 5.81. The minimum atomic E-state index is 0.382. The largest absolute Gasteiger partial charge is 0.383 e. The minimum absolute atomic E-state index is 0.382. The van der Waals surface area contributed by atoms with Crippen LogP contribution in [0.5, 0.6) is 0 Å². The summed E-state index contributed by atoms with van der Waals surface area (Å²) < 4.78 is 5.49. The van der Waals surface area contributed by atoms with Gasteiger partial charge in [0, 0.05) is 12.6 Å². The van der Waals surface area contributed by atoms with Crippen LogP contribution in [0.1, 0.15) is 13.3 Å². The van der Waals surface area contributed by atoms with Crippen molar-refractivity contribution < 1.29 is 4.74 Å². The normalized spacial score (nSPS) is 20.6. The third-order valence-corrected chi connectivity index (χ3v) is 3.44. The van der Waals surface area contributed by atoms with Crippen LogP contribution >= 0.6 is 11.8 Å². The van der Waals surface area contributed by atoms with E-state index in [4.69, 9.17) is 10.5 Å². The summed E-state index contributed by atoms with van der Waals surface area (Å²) in [7, 11) is 0. The molecule has 1 unspecified atom stereocenters. The Kier molecular flexibility index (Phi) is 4.06. The van der Waals surface area contributed by atoms with Crippen molar-refractivity contribution in [1.82, 2.24) is 9.97 Å². The molecule has 1 fully saturated rings. The zero-order valence-corrected chi connectivity index (χ0v) is 11.0. The van der Waals surface area contributed by atoms with E-state index in [1.807, 2.05) is 12.3 Å². The van der Waals surface area contributed by atoms with E-state index in [9.17, 15) is 0 Å². The van der Waals surface area contributed by atoms with Crippen molar-refractivity contribution in [2.45, 2.75) is 24.5 Å². The molecular weight excluding hydrogens is 236 g/mol. The molecule has 2 N–H and O–H groups in total. The van der Waals surface area contributed by atoms with E-state index < -0.39 is 0 Å². The van der Waals surface area contributed by atoms with Crippen LogP contribution < -0.4 is 10.6 Å². The molecule has 2 heterocycles. The van der Waals surface area contributed by atoms with E-state index in [0.29, 0.717) is 11.9 Å². The summed E-state index contributed by atoms with van der Waals surface area (Å²) in [6.45, 7) is 4.53. The maximum Gasteiger partial charge on any atom is 0.191 e. The molecule has 5 nitrogen and oxygen atoms in total. The van der Waals surface area contributed by atoms with Gasteiger partial charge in [-0.3, -0.25) is 0 Å². The van der Waals surface area contributed by atoms with Crippen molar-refractivity contribution in [3.05, 3.63) is 6.07 Å². The zero-order valence-electron chi connectivity index (χ0n) is 10.2. The van der Waals surface area contributed by atoms with Crippen molar-refractivity contribution in [2.75, 3.05) is 36.6 Å². The van der Waals surface area contributed by atoms with E-state index in [2.05, 4.69) is 21.8 Å². The fraction of sp³-hybridized carbons (Fsp3) is 0.636. The van der Waals surface area contributed by atoms with E-state index >= 15 is 0 Å². The first-order valence-electron chi connectivity index (χ1n) is 5.77. The van der Waals surface area contributed by atoms with Crippen LogP contribution in [0.3, 0.4) is 0 Å². The predicted molar refractivity (Wildman–Crippen MR) is 70.5 cm³/mol. The Morgan fingerprint density at radius 2 is 2.41 bits per heavy atom. The Hall–Kier alpha value is -1.01. The highest BCUT2D eigenvalue weighted by Crippen LogP contribution is 2.23. The quantitative estimate of drug-likeness (QED) is 0.649. The number of anilines is 2. The SMILES string of the molecule is CCC1COCCN1c1cc(N)nc(SC)n1. The third kappa shape index (κ3) is 2.81. The lowest BCUT2D eigenvalue weighted by atomic mass is 10.2. The fourth-order valence-corrected chi connectivity index (χ4v) is 2.34. The van der Waals surface area contributed by atoms with Gasteiger partial charge in [0.25, 0.3) is 0 Å². The summed E-state index contributed by atoms with van der Waals surface area (Å²) in [5.74, 6) is 1.44. The number of ether oxygens (including phenoxy) is 1. The number of hydrogen-bond donors (Lipinski definition) is 1. The fourth-order valence-electron chi connectivity index (χ4n) is 1.96. The molecule has 0 aliphatic carbocycles. The van der Waals surface area contributed by atoms with Crippen LogP contribution in [0.4, 0.5) is 11.6 Å². The van der Waals surface area contributed by atoms with Crippen LogP contribution in [0, 0.1) is 0 Å². The molecule has 1 aliphatic heterocycles. The number of morpholine rings is 1. The summed E-state index contributed by atoms with van der Waals surface area (Å²) in [5, 5.41) is 0.723. The smallest absolute Gasteiger partial charge is 0.191 e. The average molecular weight is 254 g/mol. The predicted octanol–water partition coefficient (Wildman–Crippen LogP) is 1.40. The lowest BCUT2D eigenvalue weighted by Crippen LogP contribution is -2.45. The summed E-state index contributed by atoms with van der Waals surface area (Å²) in [4.78, 5) is 11.0. The number of nitrogen functional groups attached to an aromatic ring is 1. The second-order valence-corrected chi connectivity index (χ2v) is 4.74. The van der Waals surface area contributed by atoms with Crippen LogP contribution in [-0.2, 0) is 4.74 Å². The Morgan fingerprint density at radius 1 is 1.59 bits per heavy atom. The first kappa shape index (κ1) is 12.4. The van der Waals surface area contributed by atoms with Gasteiger partial charge in [-0.15, -0.1) is 0 Å². The number of nitrogens with two attached hydrogens (primary N) is 1. The Bertz CT molecular complexity index is 388. The van der Waals surface area contributed by atoms with Crippen molar-refractivity contribution in [3.8, 4) is 0 Å². The van der Waals surface area contributed by atoms with Gasteiger partial charge in [0.15, 0.2) is 5.16 Å². The van der Waals surface area contributed by atoms with Crippen molar-refractivity contribution >= 4 is 23.4 Å². The van der Waals surface area contributed by atoms with Gasteiger partial charge in [-0.1, -0.05) is 18.7 Å². The second-order valence-electron chi connectivity index (χ2n) is 3.97. The van der Waals surface area contributed by atoms with Crippen LogP contribution in [0.2, 0.25) is 0 Å². The molecule has 1 saturated heterocycles. The Labute approximate surface area is 106 Å². The summed E-state index contributed by atoms with van der Waals surface area (Å²) in [6.07, 6.45) is 2.99. The van der Waals surface area contributed by atoms with E-state index in [1.54, 1.807) is 0 Å². The van der Waals surface area contributed by atoms with E-state index in [0.717, 1.165) is 37.2 Å². The Morgan fingerprint density at radius 3 is 3.12 bits per heavy atom. The van der Waals surface area contributed by atoms with Gasteiger partial charge in [0.2, 0.25) is 0 Å². The van der Waals surface area contributed by atoms with Crippen LogP contribution in [-0.4, -0.2) is 42.0 Å². The van der Waals surface area contributed by atoms with Gasteiger partial charge in [-0.2, -0.15) is 0 Å². The van der Waals surface area contributed by atoms with Crippen molar-refractivity contribution in [2.24, 2.45) is 0 Å². The molecule has 0 bridgehead atoms. The molecular formula is C11H18N4OS. The molecule has 2 rings (SSSR count). The van der Waals surface area contributed by atoms with Crippen LogP contribution in [0.25, 0.3) is 0 Å². The van der Waals surface area contributed by atoms with Gasteiger partial charge in [-0.05, 0) is 12.7 Å². The number of aromatic nitrogens is 2. The zero-order chi connectivity index (χ0) is 12.3. The number of thioether (sulfide) groups is 1. The second kappa shape index (κ2) is 5.55. The van der Waals surface area contributed by atoms with E-state index in [-0.39, 0.29) is 0 Å². The molecule has 0 radical (unpaired) electrons. The molecule has 17 heavy (non-hydrogen) atoms. The minimum Gasteiger partial charge on any atom is -0.383 e. The van der Waals surface area contributed by atoms with Gasteiger partial charge >= 0.3 is 0 Å². The highest BCUT2D eigenvalue weighted by Gasteiger charge is 2.23. The molecule has 1 aromatic heterocycles. The van der Waals surface area contributed by atoms with Crippen molar-refractivity contribution in [3.63, 3.8) is 0 Å². The number of rotatable bonds is 3. The van der Waals surface area contributed by atoms with Crippen LogP contribution in [0.15, 0.2) is 11.2 Å². The topological polar surface area (TPSA) is 64.3 Å². The molecule has 0 aromatic carbocycles. The van der Waals surface area contributed by atoms with Gasteiger partial charge in [0.05, 0.1) is 19.3 Å². The molecule has 0 spiro atoms. The first-order chi connectivity index (χ1) is 8.24. The molecule has 94 valence electrons. The van der Waals surface area contributed by atoms with E-state index in [1.165, 1.54) is 11.8 Å². The summed E-state index contributed by atoms with van der Waals surface area (Å²) >= 11 is 1.51. The highest BCUT2D eigenvalue weighted by atomic mass is 32.2. The summed E-state index contributed by atoms with van der Waals surface area (Å²) in [6, 6.07) is 2.22. The number of hydrogen-bond acceptors (Lipinski definition) is 6. The molecule has 1 aromatic rings. The monoisotopic (exact) mass is 254 g/mol. The van der Waals surface area contributed by atoms with Gasteiger partial charge in [-0.25, -0.2) is 9.97 Å². The summed E-state index contributed by atoms with van der Waals surface area (Å²) in [5.41, 5.74) is 5.81. The lowest BCUT2D eigenvalue weighted by Gasteiger charge is -2.36. The highest BCUT2D eigenvalue weighted by molar-refractivity contribution is 7.98. The Balaban J connectivity index is 2.27. The molecule has 1 atom stereocenters. The van der Waals surface area contributed by atoms with Gasteiger partial charge in [0.1, 0.15) is 11.6 Å². The first-order valence-corrected chi connectivity index (χ1v) is 7.00. The third-order valence-electron chi connectivity index (χ3n) is 2.89. The van der Waals surface area contributed by atoms with Crippen molar-refractivity contribution in [1.29, 1.82) is 0 Å². The molecule has 0 amide bonds. The molecule has 0 saturated carbocycles. The molecule has 6 heteroatoms. The average Bonchev–Trinajstić information content (AvgIpc) is 2.37.